The van der Waals surface area contributed by atoms with Crippen LogP contribution in [0.5, 0.6) is 0 Å². The molecule has 1 aliphatic heterocycles. The SMILES string of the molecule is Cc1cc(CNCCCN2CCC(O)CC2)ccc1Br. The van der Waals surface area contributed by atoms with E-state index in [2.05, 4.69) is 51.3 Å². The third-order valence-corrected chi connectivity index (χ3v) is 4.83. The monoisotopic (exact) mass is 340 g/mol. The summed E-state index contributed by atoms with van der Waals surface area (Å²) < 4.78 is 1.17. The number of hydrogen-bond acceptors (Lipinski definition) is 3. The molecule has 2 N–H and O–H groups in total. The summed E-state index contributed by atoms with van der Waals surface area (Å²) in [6.07, 6.45) is 2.98. The van der Waals surface area contributed by atoms with Gasteiger partial charge in [-0.3, -0.25) is 0 Å². The molecule has 20 heavy (non-hydrogen) atoms. The number of nitrogens with zero attached hydrogens (tertiary/aromatic N) is 1. The summed E-state index contributed by atoms with van der Waals surface area (Å²) in [4.78, 5) is 2.46. The van der Waals surface area contributed by atoms with Crippen LogP contribution in [0.2, 0.25) is 0 Å². The average Bonchev–Trinajstić information content (AvgIpc) is 2.44. The van der Waals surface area contributed by atoms with Crippen LogP contribution in [-0.4, -0.2) is 42.3 Å². The van der Waals surface area contributed by atoms with Crippen LogP contribution in [0.4, 0.5) is 0 Å². The Morgan fingerprint density at radius 1 is 1.35 bits per heavy atom. The molecule has 4 heteroatoms. The van der Waals surface area contributed by atoms with Crippen molar-refractivity contribution in [1.82, 2.24) is 10.2 Å². The number of rotatable bonds is 6. The molecule has 0 aromatic heterocycles. The Morgan fingerprint density at radius 3 is 2.80 bits per heavy atom. The van der Waals surface area contributed by atoms with Crippen molar-refractivity contribution in [3.05, 3.63) is 33.8 Å². The molecule has 1 fully saturated rings. The van der Waals surface area contributed by atoms with E-state index >= 15 is 0 Å². The highest BCUT2D eigenvalue weighted by Gasteiger charge is 2.15. The maximum Gasteiger partial charge on any atom is 0.0564 e. The zero-order chi connectivity index (χ0) is 14.4. The zero-order valence-electron chi connectivity index (χ0n) is 12.2. The first-order chi connectivity index (χ1) is 9.65. The Morgan fingerprint density at radius 2 is 2.10 bits per heavy atom. The topological polar surface area (TPSA) is 35.5 Å². The standard InChI is InChI=1S/C16H25BrN2O/c1-13-11-14(3-4-16(13)17)12-18-7-2-8-19-9-5-15(20)6-10-19/h3-4,11,15,18,20H,2,5-10,12H2,1H3. The highest BCUT2D eigenvalue weighted by atomic mass is 79.9. The minimum absolute atomic E-state index is 0.0648. The maximum atomic E-state index is 9.46. The summed E-state index contributed by atoms with van der Waals surface area (Å²) in [7, 11) is 0. The molecule has 0 radical (unpaired) electrons. The molecule has 0 aliphatic carbocycles. The summed E-state index contributed by atoms with van der Waals surface area (Å²) in [5, 5.41) is 13.0. The Labute approximate surface area is 130 Å². The lowest BCUT2D eigenvalue weighted by Crippen LogP contribution is -2.37. The quantitative estimate of drug-likeness (QED) is 0.781. The predicted molar refractivity (Wildman–Crippen MR) is 86.9 cm³/mol. The Bertz CT molecular complexity index is 417. The Hall–Kier alpha value is -0.420. The van der Waals surface area contributed by atoms with Gasteiger partial charge in [-0.15, -0.1) is 0 Å². The second kappa shape index (κ2) is 8.13. The van der Waals surface area contributed by atoms with Gasteiger partial charge in [-0.05, 0) is 56.5 Å². The van der Waals surface area contributed by atoms with Crippen LogP contribution in [-0.2, 0) is 6.54 Å². The molecule has 0 unspecified atom stereocenters. The van der Waals surface area contributed by atoms with Crippen LogP contribution in [0.1, 0.15) is 30.4 Å². The van der Waals surface area contributed by atoms with E-state index in [-0.39, 0.29) is 6.10 Å². The number of hydrogen-bond donors (Lipinski definition) is 2. The Kier molecular flexibility index (Phi) is 6.49. The van der Waals surface area contributed by atoms with Crippen molar-refractivity contribution in [2.45, 2.75) is 38.8 Å². The van der Waals surface area contributed by atoms with Crippen molar-refractivity contribution < 1.29 is 5.11 Å². The van der Waals surface area contributed by atoms with Gasteiger partial charge in [0.15, 0.2) is 0 Å². The summed E-state index contributed by atoms with van der Waals surface area (Å²) >= 11 is 3.53. The third-order valence-electron chi connectivity index (χ3n) is 3.94. The fraction of sp³-hybridized carbons (Fsp3) is 0.625. The molecule has 112 valence electrons. The van der Waals surface area contributed by atoms with Crippen LogP contribution in [0.25, 0.3) is 0 Å². The van der Waals surface area contributed by atoms with Gasteiger partial charge in [-0.1, -0.05) is 28.1 Å². The summed E-state index contributed by atoms with van der Waals surface area (Å²) in [6.45, 7) is 7.35. The van der Waals surface area contributed by atoms with E-state index in [0.717, 1.165) is 45.6 Å². The van der Waals surface area contributed by atoms with Crippen LogP contribution in [0, 0.1) is 6.92 Å². The van der Waals surface area contributed by atoms with E-state index in [1.54, 1.807) is 0 Å². The normalized spacial score (nSPS) is 17.6. The molecule has 0 atom stereocenters. The smallest absolute Gasteiger partial charge is 0.0564 e. The van der Waals surface area contributed by atoms with Crippen molar-refractivity contribution in [1.29, 1.82) is 0 Å². The lowest BCUT2D eigenvalue weighted by atomic mass is 10.1. The molecule has 1 aliphatic rings. The number of likely N-dealkylation sites (tertiary alicyclic amines) is 1. The molecule has 0 amide bonds. The lowest BCUT2D eigenvalue weighted by Gasteiger charge is -2.29. The minimum atomic E-state index is -0.0648. The third kappa shape index (κ3) is 5.17. The molecular formula is C16H25BrN2O. The summed E-state index contributed by atoms with van der Waals surface area (Å²) in [6, 6.07) is 6.50. The van der Waals surface area contributed by atoms with Gasteiger partial charge in [0, 0.05) is 24.1 Å². The average molecular weight is 341 g/mol. The summed E-state index contributed by atoms with van der Waals surface area (Å²) in [5.41, 5.74) is 2.63. The van der Waals surface area contributed by atoms with E-state index in [1.165, 1.54) is 22.0 Å². The van der Waals surface area contributed by atoms with E-state index in [4.69, 9.17) is 0 Å². The van der Waals surface area contributed by atoms with Gasteiger partial charge >= 0.3 is 0 Å². The molecule has 2 rings (SSSR count). The second-order valence-corrected chi connectivity index (χ2v) is 6.54. The molecule has 1 heterocycles. The van der Waals surface area contributed by atoms with Gasteiger partial charge in [0.1, 0.15) is 0 Å². The van der Waals surface area contributed by atoms with Gasteiger partial charge in [0.25, 0.3) is 0 Å². The van der Waals surface area contributed by atoms with Gasteiger partial charge in [0.05, 0.1) is 6.10 Å². The van der Waals surface area contributed by atoms with E-state index in [0.29, 0.717) is 0 Å². The van der Waals surface area contributed by atoms with Gasteiger partial charge in [-0.25, -0.2) is 0 Å². The first-order valence-electron chi connectivity index (χ1n) is 7.51. The van der Waals surface area contributed by atoms with Gasteiger partial charge < -0.3 is 15.3 Å². The molecule has 1 aromatic rings. The zero-order valence-corrected chi connectivity index (χ0v) is 13.8. The van der Waals surface area contributed by atoms with Crippen molar-refractivity contribution >= 4 is 15.9 Å². The van der Waals surface area contributed by atoms with Crippen LogP contribution >= 0.6 is 15.9 Å². The molecule has 3 nitrogen and oxygen atoms in total. The van der Waals surface area contributed by atoms with Crippen molar-refractivity contribution in [3.63, 3.8) is 0 Å². The van der Waals surface area contributed by atoms with E-state index in [9.17, 15) is 5.11 Å². The summed E-state index contributed by atoms with van der Waals surface area (Å²) in [5.74, 6) is 0. The van der Waals surface area contributed by atoms with Crippen LogP contribution in [0.3, 0.4) is 0 Å². The molecule has 0 bridgehead atoms. The van der Waals surface area contributed by atoms with Crippen LogP contribution in [0.15, 0.2) is 22.7 Å². The molecule has 1 aromatic carbocycles. The number of halogens is 1. The fourth-order valence-corrected chi connectivity index (χ4v) is 2.87. The Balaban J connectivity index is 1.58. The molecule has 0 spiro atoms. The number of aliphatic hydroxyl groups excluding tert-OH is 1. The first kappa shape index (κ1) is 16.0. The lowest BCUT2D eigenvalue weighted by molar-refractivity contribution is 0.0821. The predicted octanol–water partition coefficient (Wildman–Crippen LogP) is 2.69. The molecule has 1 saturated heterocycles. The number of piperidine rings is 1. The van der Waals surface area contributed by atoms with Crippen molar-refractivity contribution in [2.75, 3.05) is 26.2 Å². The first-order valence-corrected chi connectivity index (χ1v) is 8.30. The second-order valence-electron chi connectivity index (χ2n) is 5.69. The number of aryl methyl sites for hydroxylation is 1. The minimum Gasteiger partial charge on any atom is -0.393 e. The number of aliphatic hydroxyl groups is 1. The highest BCUT2D eigenvalue weighted by Crippen LogP contribution is 2.16. The maximum absolute atomic E-state index is 9.46. The van der Waals surface area contributed by atoms with Crippen molar-refractivity contribution in [3.8, 4) is 0 Å². The number of benzene rings is 1. The van der Waals surface area contributed by atoms with Gasteiger partial charge in [-0.2, -0.15) is 0 Å². The van der Waals surface area contributed by atoms with E-state index in [1.807, 2.05) is 0 Å². The van der Waals surface area contributed by atoms with Crippen LogP contribution < -0.4 is 5.32 Å². The highest BCUT2D eigenvalue weighted by molar-refractivity contribution is 9.10. The fourth-order valence-electron chi connectivity index (χ4n) is 2.62. The van der Waals surface area contributed by atoms with Gasteiger partial charge in [0.2, 0.25) is 0 Å². The van der Waals surface area contributed by atoms with E-state index < -0.39 is 0 Å². The molecular weight excluding hydrogens is 316 g/mol. The number of nitrogens with one attached hydrogen (secondary N) is 1. The largest absolute Gasteiger partial charge is 0.393 e. The molecule has 0 saturated carbocycles. The van der Waals surface area contributed by atoms with Crippen molar-refractivity contribution in [2.24, 2.45) is 0 Å².